The molecule has 66 valence electrons. The van der Waals surface area contributed by atoms with Gasteiger partial charge in [0.2, 0.25) is 0 Å². The Kier molecular flexibility index (Phi) is 2.05. The molecule has 2 aromatic heterocycles. The van der Waals surface area contributed by atoms with E-state index in [1.807, 2.05) is 0 Å². The molecule has 0 aliphatic heterocycles. The largest absolute Gasteiger partial charge is 0.363 e. The summed E-state index contributed by atoms with van der Waals surface area (Å²) in [4.78, 5) is 15.2. The van der Waals surface area contributed by atoms with Gasteiger partial charge in [0.1, 0.15) is 12.0 Å². The molecule has 13 heavy (non-hydrogen) atoms. The number of rotatable bonds is 2. The molecular weight excluding hydrogens is 190 g/mol. The zero-order valence-corrected chi connectivity index (χ0v) is 7.25. The molecule has 0 saturated heterocycles. The van der Waals surface area contributed by atoms with Crippen LogP contribution >= 0.6 is 11.3 Å². The second kappa shape index (κ2) is 3.36. The monoisotopic (exact) mass is 195 g/mol. The van der Waals surface area contributed by atoms with Crippen molar-refractivity contribution in [2.75, 3.05) is 5.32 Å². The molecule has 0 radical (unpaired) electrons. The second-order valence-electron chi connectivity index (χ2n) is 2.21. The lowest BCUT2D eigenvalue weighted by Crippen LogP contribution is -2.12. The third-order valence-corrected chi connectivity index (χ3v) is 1.93. The van der Waals surface area contributed by atoms with Crippen molar-refractivity contribution in [2.45, 2.75) is 0 Å². The van der Waals surface area contributed by atoms with Crippen molar-refractivity contribution in [2.24, 2.45) is 0 Å². The van der Waals surface area contributed by atoms with E-state index < -0.39 is 0 Å². The Morgan fingerprint density at radius 3 is 3.15 bits per heavy atom. The van der Waals surface area contributed by atoms with Crippen LogP contribution < -0.4 is 5.32 Å². The number of nitrogens with one attached hydrogen (secondary N) is 1. The Morgan fingerprint density at radius 2 is 2.54 bits per heavy atom. The molecule has 0 saturated carbocycles. The van der Waals surface area contributed by atoms with Crippen molar-refractivity contribution in [3.63, 3.8) is 0 Å². The van der Waals surface area contributed by atoms with Crippen LogP contribution in [0.2, 0.25) is 0 Å². The molecule has 0 bridgehead atoms. The Bertz CT molecular complexity index is 382. The van der Waals surface area contributed by atoms with Crippen molar-refractivity contribution in [1.82, 2.24) is 10.1 Å². The molecular formula is C7H5N3O2S. The Balaban J connectivity index is 2.08. The van der Waals surface area contributed by atoms with Crippen LogP contribution in [0.5, 0.6) is 0 Å². The molecule has 0 fully saturated rings. The summed E-state index contributed by atoms with van der Waals surface area (Å²) in [5.74, 6) is 0.105. The molecule has 0 aliphatic carbocycles. The first-order valence-electron chi connectivity index (χ1n) is 3.46. The topological polar surface area (TPSA) is 68.0 Å². The van der Waals surface area contributed by atoms with Gasteiger partial charge in [-0.15, -0.1) is 11.3 Å². The Hall–Kier alpha value is -1.69. The highest BCUT2D eigenvalue weighted by Gasteiger charge is 2.08. The molecule has 0 aromatic carbocycles. The highest BCUT2D eigenvalue weighted by molar-refractivity contribution is 7.07. The number of aromatic nitrogens is 2. The molecule has 2 aromatic rings. The van der Waals surface area contributed by atoms with Crippen molar-refractivity contribution < 1.29 is 9.32 Å². The van der Waals surface area contributed by atoms with Crippen LogP contribution in [0.15, 0.2) is 27.7 Å². The van der Waals surface area contributed by atoms with Crippen LogP contribution in [0.1, 0.15) is 10.5 Å². The van der Waals surface area contributed by atoms with Gasteiger partial charge >= 0.3 is 0 Å². The predicted molar refractivity (Wildman–Crippen MR) is 46.6 cm³/mol. The summed E-state index contributed by atoms with van der Waals surface area (Å²) in [5.41, 5.74) is 1.98. The van der Waals surface area contributed by atoms with E-state index in [-0.39, 0.29) is 5.91 Å². The minimum Gasteiger partial charge on any atom is -0.363 e. The van der Waals surface area contributed by atoms with Crippen LogP contribution in [0.4, 0.5) is 5.82 Å². The maximum Gasteiger partial charge on any atom is 0.276 e. The van der Waals surface area contributed by atoms with E-state index in [9.17, 15) is 4.79 Å². The van der Waals surface area contributed by atoms with Gasteiger partial charge in [-0.3, -0.25) is 4.79 Å². The fourth-order valence-electron chi connectivity index (χ4n) is 0.782. The van der Waals surface area contributed by atoms with E-state index in [1.54, 1.807) is 17.0 Å². The summed E-state index contributed by atoms with van der Waals surface area (Å²) in [6.45, 7) is 0. The molecule has 0 aliphatic rings. The number of hydrogen-bond donors (Lipinski definition) is 1. The second-order valence-corrected chi connectivity index (χ2v) is 2.93. The number of carbonyl (C=O) groups excluding carboxylic acids is 1. The maximum atomic E-state index is 11.3. The van der Waals surface area contributed by atoms with Crippen LogP contribution in [-0.2, 0) is 0 Å². The van der Waals surface area contributed by atoms with Gasteiger partial charge in [0.15, 0.2) is 5.82 Å². The first-order valence-corrected chi connectivity index (χ1v) is 4.40. The van der Waals surface area contributed by atoms with Crippen LogP contribution in [0.3, 0.4) is 0 Å². The average Bonchev–Trinajstić information content (AvgIpc) is 2.74. The Morgan fingerprint density at radius 1 is 1.62 bits per heavy atom. The van der Waals surface area contributed by atoms with Crippen LogP contribution in [0.25, 0.3) is 0 Å². The van der Waals surface area contributed by atoms with E-state index in [1.165, 1.54) is 17.6 Å². The van der Waals surface area contributed by atoms with Crippen LogP contribution in [-0.4, -0.2) is 16.0 Å². The summed E-state index contributed by atoms with van der Waals surface area (Å²) in [6, 6.07) is 1.56. The minimum atomic E-state index is -0.282. The zero-order chi connectivity index (χ0) is 9.10. The quantitative estimate of drug-likeness (QED) is 0.786. The lowest BCUT2D eigenvalue weighted by Gasteiger charge is -1.95. The number of anilines is 1. The first kappa shape index (κ1) is 7.93. The fourth-order valence-corrected chi connectivity index (χ4v) is 1.31. The molecule has 5 nitrogen and oxygen atoms in total. The highest BCUT2D eigenvalue weighted by Crippen LogP contribution is 2.06. The average molecular weight is 195 g/mol. The summed E-state index contributed by atoms with van der Waals surface area (Å²) < 4.78 is 4.55. The third kappa shape index (κ3) is 1.73. The standard InChI is InChI=1S/C7H5N3O2S/c11-7(5-3-13-4-8-5)9-6-1-2-12-10-6/h1-4H,(H,9,10,11). The SMILES string of the molecule is O=C(Nc1ccon1)c1cscn1. The molecule has 1 N–H and O–H groups in total. The van der Waals surface area contributed by atoms with Gasteiger partial charge in [-0.25, -0.2) is 4.98 Å². The van der Waals surface area contributed by atoms with Gasteiger partial charge in [0, 0.05) is 11.4 Å². The van der Waals surface area contributed by atoms with E-state index in [0.29, 0.717) is 11.5 Å². The number of hydrogen-bond acceptors (Lipinski definition) is 5. The normalized spacial score (nSPS) is 9.85. The van der Waals surface area contributed by atoms with Crippen LogP contribution in [0, 0.1) is 0 Å². The summed E-state index contributed by atoms with van der Waals surface area (Å²) in [5, 5.41) is 7.72. The van der Waals surface area contributed by atoms with Gasteiger partial charge < -0.3 is 9.84 Å². The molecule has 1 amide bonds. The van der Waals surface area contributed by atoms with E-state index in [0.717, 1.165) is 0 Å². The lowest BCUT2D eigenvalue weighted by atomic mass is 10.4. The molecule has 6 heteroatoms. The number of nitrogens with zero attached hydrogens (tertiary/aromatic N) is 2. The highest BCUT2D eigenvalue weighted by atomic mass is 32.1. The van der Waals surface area contributed by atoms with Crippen molar-refractivity contribution in [3.8, 4) is 0 Å². The number of carbonyl (C=O) groups is 1. The smallest absolute Gasteiger partial charge is 0.276 e. The molecule has 0 atom stereocenters. The molecule has 0 unspecified atom stereocenters. The molecule has 2 rings (SSSR count). The van der Waals surface area contributed by atoms with Gasteiger partial charge in [-0.2, -0.15) is 0 Å². The first-order chi connectivity index (χ1) is 6.36. The van der Waals surface area contributed by atoms with Gasteiger partial charge in [0.05, 0.1) is 5.51 Å². The zero-order valence-electron chi connectivity index (χ0n) is 6.43. The van der Waals surface area contributed by atoms with Gasteiger partial charge in [0.25, 0.3) is 5.91 Å². The third-order valence-electron chi connectivity index (χ3n) is 1.34. The fraction of sp³-hybridized carbons (Fsp3) is 0. The molecule has 0 spiro atoms. The number of amides is 1. The van der Waals surface area contributed by atoms with E-state index >= 15 is 0 Å². The lowest BCUT2D eigenvalue weighted by molar-refractivity contribution is 0.102. The van der Waals surface area contributed by atoms with Crippen molar-refractivity contribution >= 4 is 23.1 Å². The van der Waals surface area contributed by atoms with Gasteiger partial charge in [-0.1, -0.05) is 5.16 Å². The minimum absolute atomic E-state index is 0.282. The summed E-state index contributed by atoms with van der Waals surface area (Å²) in [7, 11) is 0. The molecule has 2 heterocycles. The van der Waals surface area contributed by atoms with E-state index in [2.05, 4.69) is 20.0 Å². The van der Waals surface area contributed by atoms with Crippen molar-refractivity contribution in [3.05, 3.63) is 28.9 Å². The summed E-state index contributed by atoms with van der Waals surface area (Å²) >= 11 is 1.36. The predicted octanol–water partition coefficient (Wildman–Crippen LogP) is 1.38. The summed E-state index contributed by atoms with van der Waals surface area (Å²) in [6.07, 6.45) is 1.39. The maximum absolute atomic E-state index is 11.3. The number of thiazole rings is 1. The van der Waals surface area contributed by atoms with Gasteiger partial charge in [-0.05, 0) is 0 Å². The Labute approximate surface area is 77.4 Å². The van der Waals surface area contributed by atoms with E-state index in [4.69, 9.17) is 0 Å². The van der Waals surface area contributed by atoms with Crippen molar-refractivity contribution in [1.29, 1.82) is 0 Å².